The molecule has 0 saturated carbocycles. The van der Waals surface area contributed by atoms with Crippen LogP contribution in [0.3, 0.4) is 0 Å². The third kappa shape index (κ3) is 21.2. The summed E-state index contributed by atoms with van der Waals surface area (Å²) in [6.07, 6.45) is 28.3. The summed E-state index contributed by atoms with van der Waals surface area (Å²) >= 11 is 3.54. The molecule has 0 aromatic carbocycles. The molecule has 0 unspecified atom stereocenters. The average Bonchev–Trinajstić information content (AvgIpc) is 3.35. The van der Waals surface area contributed by atoms with Crippen LogP contribution >= 0.6 is 23.5 Å². The molecule has 3 aromatic heterocycles. The van der Waals surface area contributed by atoms with Crippen LogP contribution in [-0.4, -0.2) is 67.8 Å². The van der Waals surface area contributed by atoms with Gasteiger partial charge in [-0.05, 0) is 49.5 Å². The summed E-state index contributed by atoms with van der Waals surface area (Å²) in [5.41, 5.74) is 1.16. The van der Waals surface area contributed by atoms with Crippen LogP contribution in [0.4, 0.5) is 13.2 Å². The molecular formula is C52H80F3N7O4S2. The predicted octanol–water partition coefficient (Wildman–Crippen LogP) is 14.1. The molecule has 0 atom stereocenters. The molecule has 6 heterocycles. The molecule has 0 amide bonds. The molecule has 3 fully saturated rings. The van der Waals surface area contributed by atoms with E-state index in [1.54, 1.807) is 29.6 Å². The zero-order chi connectivity index (χ0) is 48.8. The summed E-state index contributed by atoms with van der Waals surface area (Å²) in [6.45, 7) is 13.4. The van der Waals surface area contributed by atoms with Gasteiger partial charge in [-0.3, -0.25) is 0 Å². The molecule has 3 aromatic rings. The predicted molar refractivity (Wildman–Crippen MR) is 266 cm³/mol. The Morgan fingerprint density at radius 2 is 0.882 bits per heavy atom. The van der Waals surface area contributed by atoms with Gasteiger partial charge in [-0.1, -0.05) is 131 Å². The Kier molecular flexibility index (Phi) is 29.2. The first kappa shape index (κ1) is 57.6. The van der Waals surface area contributed by atoms with Gasteiger partial charge in [0.1, 0.15) is 17.7 Å². The molecule has 3 aliphatic heterocycles. The maximum atomic E-state index is 14.3. The summed E-state index contributed by atoms with van der Waals surface area (Å²) in [7, 11) is 0. The Morgan fingerprint density at radius 1 is 0.500 bits per heavy atom. The highest BCUT2D eigenvalue weighted by atomic mass is 32.2. The largest absolute Gasteiger partial charge is 0.348 e. The summed E-state index contributed by atoms with van der Waals surface area (Å²) < 4.78 is 65.2. The number of aromatic nitrogens is 6. The van der Waals surface area contributed by atoms with Gasteiger partial charge in [0.25, 0.3) is 0 Å². The molecule has 16 heteroatoms. The Hall–Kier alpha value is -2.94. The number of halogens is 3. The van der Waals surface area contributed by atoms with Crippen molar-refractivity contribution in [3.05, 3.63) is 70.6 Å². The van der Waals surface area contributed by atoms with Gasteiger partial charge in [0.05, 0.1) is 42.1 Å². The van der Waals surface area contributed by atoms with Gasteiger partial charge in [-0.2, -0.15) is 23.4 Å². The van der Waals surface area contributed by atoms with E-state index in [0.717, 1.165) is 75.2 Å². The second-order valence-electron chi connectivity index (χ2n) is 18.3. The molecule has 0 bridgehead atoms. The van der Waals surface area contributed by atoms with Crippen molar-refractivity contribution in [1.82, 2.24) is 29.9 Å². The fourth-order valence-electron chi connectivity index (χ4n) is 8.08. The minimum atomic E-state index is -0.666. The number of unbranched alkanes of at least 4 members (excludes halogenated alkanes) is 12. The van der Waals surface area contributed by atoms with E-state index in [1.807, 2.05) is 0 Å². The van der Waals surface area contributed by atoms with E-state index >= 15 is 0 Å². The number of hydrogen-bond donors (Lipinski definition) is 0. The smallest absolute Gasteiger partial charge is 0.234 e. The number of thioether (sulfide) groups is 2. The molecule has 68 heavy (non-hydrogen) atoms. The van der Waals surface area contributed by atoms with Crippen LogP contribution in [0.15, 0.2) is 18.6 Å². The maximum Gasteiger partial charge on any atom is 0.234 e. The molecule has 380 valence electrons. The Bertz CT molecular complexity index is 1860. The third-order valence-electron chi connectivity index (χ3n) is 12.3. The maximum absolute atomic E-state index is 14.3. The van der Waals surface area contributed by atoms with Crippen molar-refractivity contribution in [1.29, 1.82) is 5.26 Å². The molecule has 3 saturated heterocycles. The van der Waals surface area contributed by atoms with Crippen LogP contribution in [0, 0.1) is 46.9 Å². The lowest BCUT2D eigenvalue weighted by Crippen LogP contribution is -2.28. The van der Waals surface area contributed by atoms with Gasteiger partial charge in [-0.25, -0.2) is 24.9 Å². The van der Waals surface area contributed by atoms with Gasteiger partial charge in [-0.15, -0.1) is 23.5 Å². The van der Waals surface area contributed by atoms with Gasteiger partial charge in [0, 0.05) is 48.8 Å². The topological polar surface area (TPSA) is 138 Å². The molecule has 0 spiro atoms. The molecule has 11 nitrogen and oxygen atoms in total. The van der Waals surface area contributed by atoms with E-state index in [9.17, 15) is 13.2 Å². The molecule has 0 radical (unpaired) electrons. The zero-order valence-electron chi connectivity index (χ0n) is 41.7. The van der Waals surface area contributed by atoms with Crippen LogP contribution < -0.4 is 0 Å². The van der Waals surface area contributed by atoms with E-state index in [-0.39, 0.29) is 10.4 Å². The van der Waals surface area contributed by atoms with Crippen molar-refractivity contribution in [2.24, 2.45) is 17.8 Å². The molecule has 6 rings (SSSR count). The normalized spacial score (nSPS) is 21.5. The van der Waals surface area contributed by atoms with Crippen LogP contribution in [0.5, 0.6) is 0 Å². The van der Waals surface area contributed by atoms with E-state index < -0.39 is 30.4 Å². The van der Waals surface area contributed by atoms with E-state index in [0.29, 0.717) is 66.6 Å². The van der Waals surface area contributed by atoms with E-state index in [2.05, 4.69) is 64.5 Å². The quantitative estimate of drug-likeness (QED) is 0.0588. The number of nitrogens with zero attached hydrogens (tertiary/aromatic N) is 7. The Balaban J connectivity index is 0.000000224. The van der Waals surface area contributed by atoms with Gasteiger partial charge >= 0.3 is 0 Å². The zero-order valence-corrected chi connectivity index (χ0v) is 43.3. The standard InChI is InChI=1S/C20H33FN2O2.C18H29FN2O2.C14H18FN3S2/c1-3-5-7-8-10-12-18-22-13-17(19(21)23-18)20-24-14-16(15-25-20)11-9-6-4-2;1-3-5-7-9-14-12-22-18(23-13-14)15-11-20-16(21-17(15)19)10-8-6-4-2;1-2-3-4-5-10-8-19-14(20-9-10)11-7-17-12(6-16)18-13(11)15/h13,16,20H,3-12,14-15H2,1-2H3;11,14,18H,3-10,12-13H2,1-2H3;7,10,14H,2-5,8-9H2,1H3. The monoisotopic (exact) mass is 988 g/mol. The van der Waals surface area contributed by atoms with Crippen molar-refractivity contribution in [3.8, 4) is 6.07 Å². The third-order valence-corrected chi connectivity index (χ3v) is 15.6. The number of nitriles is 1. The van der Waals surface area contributed by atoms with E-state index in [4.69, 9.17) is 24.2 Å². The Morgan fingerprint density at radius 3 is 1.31 bits per heavy atom. The van der Waals surface area contributed by atoms with E-state index in [1.165, 1.54) is 102 Å². The second-order valence-corrected chi connectivity index (χ2v) is 20.9. The molecule has 0 N–H and O–H groups in total. The van der Waals surface area contributed by atoms with Crippen molar-refractivity contribution >= 4 is 23.5 Å². The fraction of sp³-hybridized carbons (Fsp3) is 0.750. The number of ether oxygens (including phenoxy) is 4. The molecular weight excluding hydrogens is 908 g/mol. The summed E-state index contributed by atoms with van der Waals surface area (Å²) in [5.74, 6) is 3.16. The number of aryl methyl sites for hydroxylation is 2. The number of rotatable bonds is 25. The fourth-order valence-corrected chi connectivity index (χ4v) is 11.2. The van der Waals surface area contributed by atoms with Crippen molar-refractivity contribution in [3.63, 3.8) is 0 Å². The highest BCUT2D eigenvalue weighted by Crippen LogP contribution is 2.46. The lowest BCUT2D eigenvalue weighted by atomic mass is 10.0. The lowest BCUT2D eigenvalue weighted by molar-refractivity contribution is -0.207. The first-order chi connectivity index (χ1) is 33.2. The lowest BCUT2D eigenvalue weighted by Gasteiger charge is -2.29. The summed E-state index contributed by atoms with van der Waals surface area (Å²) in [6, 6.07) is 1.76. The van der Waals surface area contributed by atoms with Crippen molar-refractivity contribution in [2.75, 3.05) is 37.9 Å². The van der Waals surface area contributed by atoms with Gasteiger partial charge in [0.2, 0.25) is 23.7 Å². The highest BCUT2D eigenvalue weighted by Gasteiger charge is 2.29. The van der Waals surface area contributed by atoms with Crippen LogP contribution in [0.25, 0.3) is 0 Å². The average molecular weight is 988 g/mol. The van der Waals surface area contributed by atoms with Gasteiger partial charge in [0.15, 0.2) is 12.6 Å². The number of hydrogen-bond acceptors (Lipinski definition) is 13. The van der Waals surface area contributed by atoms with Crippen molar-refractivity contribution < 1.29 is 32.1 Å². The van der Waals surface area contributed by atoms with Crippen LogP contribution in [0.1, 0.15) is 214 Å². The van der Waals surface area contributed by atoms with Crippen molar-refractivity contribution in [2.45, 2.75) is 193 Å². The molecule has 0 aliphatic carbocycles. The minimum Gasteiger partial charge on any atom is -0.348 e. The molecule has 3 aliphatic rings. The minimum absolute atomic E-state index is 0.0603. The van der Waals surface area contributed by atoms with Gasteiger partial charge < -0.3 is 18.9 Å². The summed E-state index contributed by atoms with van der Waals surface area (Å²) in [5, 5.41) is 8.65. The summed E-state index contributed by atoms with van der Waals surface area (Å²) in [4.78, 5) is 24.0. The van der Waals surface area contributed by atoms with Crippen LogP contribution in [-0.2, 0) is 31.8 Å². The van der Waals surface area contributed by atoms with Crippen LogP contribution in [0.2, 0.25) is 0 Å². The second kappa shape index (κ2) is 34.4. The highest BCUT2D eigenvalue weighted by molar-refractivity contribution is 8.16. The SMILES string of the molecule is CCCCCC1CSC(c2cnc(C#N)nc2F)SC1.CCCCCCCc1ncc(C2OCC(CCCCC)CO2)c(F)n1.CCCCCc1ncc(C2OCC(CCCCC)CO2)c(F)n1. The first-order valence-electron chi connectivity index (χ1n) is 25.9. The Labute approximate surface area is 414 Å². The first-order valence-corrected chi connectivity index (χ1v) is 28.0.